The molecule has 1 atom stereocenters. The molecule has 1 heterocycles. The van der Waals surface area contributed by atoms with Crippen LogP contribution in [-0.2, 0) is 15.8 Å². The second-order valence-electron chi connectivity index (χ2n) is 6.52. The molecule has 2 aromatic rings. The van der Waals surface area contributed by atoms with E-state index in [4.69, 9.17) is 9.47 Å². The highest BCUT2D eigenvalue weighted by atomic mass is 19.4. The minimum atomic E-state index is -4.58. The van der Waals surface area contributed by atoms with Gasteiger partial charge in [0.1, 0.15) is 0 Å². The van der Waals surface area contributed by atoms with E-state index in [9.17, 15) is 22.8 Å². The maximum atomic E-state index is 13.0. The molecule has 0 aliphatic carbocycles. The molecule has 0 fully saturated rings. The SMILES string of the molecule is C[NH+](CC(=O)Nc1ccc2c(c1)OCO2)CC(=O)Nc1ccccc1C(F)(F)F. The number of amides is 2. The molecule has 29 heavy (non-hydrogen) atoms. The summed E-state index contributed by atoms with van der Waals surface area (Å²) in [5.74, 6) is 0.118. The molecule has 3 rings (SSSR count). The van der Waals surface area contributed by atoms with Crippen LogP contribution in [0.3, 0.4) is 0 Å². The average molecular weight is 410 g/mol. The lowest BCUT2D eigenvalue weighted by Crippen LogP contribution is -3.11. The number of halogens is 3. The fraction of sp³-hybridized carbons (Fsp3) is 0.263. The molecule has 3 N–H and O–H groups in total. The topological polar surface area (TPSA) is 81.1 Å². The molecule has 7 nitrogen and oxygen atoms in total. The number of likely N-dealkylation sites (N-methyl/N-ethyl adjacent to an activating group) is 1. The van der Waals surface area contributed by atoms with Crippen LogP contribution in [-0.4, -0.2) is 38.7 Å². The van der Waals surface area contributed by atoms with E-state index in [2.05, 4.69) is 10.6 Å². The first-order chi connectivity index (χ1) is 13.7. The second-order valence-corrected chi connectivity index (χ2v) is 6.52. The van der Waals surface area contributed by atoms with Crippen LogP contribution in [0.4, 0.5) is 24.5 Å². The summed E-state index contributed by atoms with van der Waals surface area (Å²) >= 11 is 0. The van der Waals surface area contributed by atoms with E-state index < -0.39 is 17.6 Å². The Morgan fingerprint density at radius 1 is 1.00 bits per heavy atom. The van der Waals surface area contributed by atoms with Gasteiger partial charge in [-0.25, -0.2) is 0 Å². The lowest BCUT2D eigenvalue weighted by molar-refractivity contribution is -0.862. The predicted octanol–water partition coefficient (Wildman–Crippen LogP) is 1.53. The number of para-hydroxylation sites is 1. The Labute approximate surface area is 164 Å². The van der Waals surface area contributed by atoms with E-state index in [1.807, 2.05) is 0 Å². The first-order valence-corrected chi connectivity index (χ1v) is 8.69. The van der Waals surface area contributed by atoms with Crippen molar-refractivity contribution in [2.75, 3.05) is 37.6 Å². The minimum Gasteiger partial charge on any atom is -0.454 e. The molecule has 1 aliphatic rings. The third-order valence-electron chi connectivity index (χ3n) is 4.09. The summed E-state index contributed by atoms with van der Waals surface area (Å²) in [6, 6.07) is 9.67. The summed E-state index contributed by atoms with van der Waals surface area (Å²) in [6.07, 6.45) is -4.58. The molecule has 0 radical (unpaired) electrons. The molecule has 0 aromatic heterocycles. The number of carbonyl (C=O) groups excluding carboxylic acids is 2. The van der Waals surface area contributed by atoms with E-state index in [1.165, 1.54) is 18.2 Å². The quantitative estimate of drug-likeness (QED) is 0.675. The molecule has 10 heteroatoms. The Kier molecular flexibility index (Phi) is 5.92. The first-order valence-electron chi connectivity index (χ1n) is 8.69. The number of alkyl halides is 3. The summed E-state index contributed by atoms with van der Waals surface area (Å²) in [6.45, 7) is -0.115. The number of rotatable bonds is 6. The lowest BCUT2D eigenvalue weighted by atomic mass is 10.1. The van der Waals surface area contributed by atoms with Gasteiger partial charge in [0, 0.05) is 11.8 Å². The van der Waals surface area contributed by atoms with E-state index >= 15 is 0 Å². The van der Waals surface area contributed by atoms with Gasteiger partial charge >= 0.3 is 6.18 Å². The Hall–Kier alpha value is -3.27. The number of hydrogen-bond donors (Lipinski definition) is 3. The van der Waals surface area contributed by atoms with Crippen molar-refractivity contribution in [2.24, 2.45) is 0 Å². The third kappa shape index (κ3) is 5.38. The average Bonchev–Trinajstić information content (AvgIpc) is 3.08. The molecular weight excluding hydrogens is 391 g/mol. The van der Waals surface area contributed by atoms with Crippen LogP contribution in [0.1, 0.15) is 5.56 Å². The number of fused-ring (bicyclic) bond motifs is 1. The first kappa shape index (κ1) is 20.5. The van der Waals surface area contributed by atoms with Gasteiger partial charge in [0.25, 0.3) is 11.8 Å². The zero-order valence-electron chi connectivity index (χ0n) is 15.4. The monoisotopic (exact) mass is 410 g/mol. The van der Waals surface area contributed by atoms with Gasteiger partial charge in [0.05, 0.1) is 18.3 Å². The van der Waals surface area contributed by atoms with Crippen molar-refractivity contribution in [3.63, 3.8) is 0 Å². The van der Waals surface area contributed by atoms with Crippen molar-refractivity contribution in [2.45, 2.75) is 6.18 Å². The van der Waals surface area contributed by atoms with Crippen LogP contribution >= 0.6 is 0 Å². The number of hydrogen-bond acceptors (Lipinski definition) is 4. The second kappa shape index (κ2) is 8.39. The molecule has 154 valence electrons. The fourth-order valence-electron chi connectivity index (χ4n) is 2.82. The zero-order valence-corrected chi connectivity index (χ0v) is 15.4. The minimum absolute atomic E-state index is 0.0528. The predicted molar refractivity (Wildman–Crippen MR) is 97.9 cm³/mol. The highest BCUT2D eigenvalue weighted by Gasteiger charge is 2.33. The highest BCUT2D eigenvalue weighted by molar-refractivity contribution is 5.93. The number of nitrogens with one attached hydrogen (secondary N) is 3. The van der Waals surface area contributed by atoms with Gasteiger partial charge in [-0.3, -0.25) is 9.59 Å². The van der Waals surface area contributed by atoms with Crippen LogP contribution in [0.25, 0.3) is 0 Å². The van der Waals surface area contributed by atoms with Crippen molar-refractivity contribution in [3.8, 4) is 11.5 Å². The smallest absolute Gasteiger partial charge is 0.418 e. The van der Waals surface area contributed by atoms with Crippen LogP contribution in [0.2, 0.25) is 0 Å². The lowest BCUT2D eigenvalue weighted by Gasteiger charge is -2.16. The van der Waals surface area contributed by atoms with Gasteiger partial charge < -0.3 is 25.0 Å². The molecule has 1 unspecified atom stereocenters. The Morgan fingerprint density at radius 3 is 2.38 bits per heavy atom. The van der Waals surface area contributed by atoms with E-state index in [0.717, 1.165) is 6.07 Å². The van der Waals surface area contributed by atoms with Gasteiger partial charge in [0.15, 0.2) is 24.6 Å². The number of ether oxygens (including phenoxy) is 2. The van der Waals surface area contributed by atoms with Crippen molar-refractivity contribution >= 4 is 23.2 Å². The van der Waals surface area contributed by atoms with Gasteiger partial charge in [-0.1, -0.05) is 12.1 Å². The van der Waals surface area contributed by atoms with E-state index in [1.54, 1.807) is 25.2 Å². The van der Waals surface area contributed by atoms with Crippen LogP contribution in [0.15, 0.2) is 42.5 Å². The number of benzene rings is 2. The van der Waals surface area contributed by atoms with E-state index in [-0.39, 0.29) is 31.5 Å². The Balaban J connectivity index is 1.52. The molecule has 0 spiro atoms. The maximum Gasteiger partial charge on any atom is 0.418 e. The fourth-order valence-corrected chi connectivity index (χ4v) is 2.82. The molecule has 1 aliphatic heterocycles. The number of quaternary nitrogens is 1. The van der Waals surface area contributed by atoms with Gasteiger partial charge in [-0.05, 0) is 24.3 Å². The van der Waals surface area contributed by atoms with E-state index in [0.29, 0.717) is 22.1 Å². The van der Waals surface area contributed by atoms with Gasteiger partial charge in [-0.2, -0.15) is 13.2 Å². The summed E-state index contributed by atoms with van der Waals surface area (Å²) in [5.41, 5.74) is -0.732. The Bertz CT molecular complexity index is 918. The number of carbonyl (C=O) groups is 2. The van der Waals surface area contributed by atoms with Gasteiger partial charge in [-0.15, -0.1) is 0 Å². The molecule has 2 amide bonds. The summed E-state index contributed by atoms with van der Waals surface area (Å²) in [4.78, 5) is 24.8. The zero-order chi connectivity index (χ0) is 21.0. The van der Waals surface area contributed by atoms with Crippen molar-refractivity contribution in [1.82, 2.24) is 0 Å². The molecule has 0 bridgehead atoms. The maximum absolute atomic E-state index is 13.0. The molecule has 0 saturated carbocycles. The molecular formula is C19H19F3N3O4+. The summed E-state index contributed by atoms with van der Waals surface area (Å²) < 4.78 is 49.4. The number of anilines is 2. The summed E-state index contributed by atoms with van der Waals surface area (Å²) in [5, 5.41) is 4.94. The standard InChI is InChI=1S/C19H18F3N3O4/c1-25(9-17(26)23-12-6-7-15-16(8-12)29-11-28-15)10-18(27)24-14-5-3-2-4-13(14)19(20,21)22/h2-8H,9-11H2,1H3,(H,23,26)(H,24,27)/p+1. The van der Waals surface area contributed by atoms with Crippen LogP contribution < -0.4 is 25.0 Å². The van der Waals surface area contributed by atoms with Gasteiger partial charge in [0.2, 0.25) is 6.79 Å². The molecule has 0 saturated heterocycles. The van der Waals surface area contributed by atoms with Crippen LogP contribution in [0.5, 0.6) is 11.5 Å². The van der Waals surface area contributed by atoms with Crippen molar-refractivity contribution in [3.05, 3.63) is 48.0 Å². The third-order valence-corrected chi connectivity index (χ3v) is 4.09. The largest absolute Gasteiger partial charge is 0.454 e. The molecule has 2 aromatic carbocycles. The Morgan fingerprint density at radius 2 is 1.66 bits per heavy atom. The highest BCUT2D eigenvalue weighted by Crippen LogP contribution is 2.35. The summed E-state index contributed by atoms with van der Waals surface area (Å²) in [7, 11) is 1.59. The normalized spacial score (nSPS) is 13.7. The van der Waals surface area contributed by atoms with Crippen molar-refractivity contribution < 1.29 is 37.1 Å². The van der Waals surface area contributed by atoms with Crippen molar-refractivity contribution in [1.29, 1.82) is 0 Å². The van der Waals surface area contributed by atoms with Crippen LogP contribution in [0, 0.1) is 0 Å².